The van der Waals surface area contributed by atoms with Gasteiger partial charge in [0.2, 0.25) is 11.1 Å². The summed E-state index contributed by atoms with van der Waals surface area (Å²) in [4.78, 5) is 30.9. The van der Waals surface area contributed by atoms with Crippen LogP contribution in [0, 0.1) is 5.92 Å². The molecule has 4 N–H and O–H groups in total. The minimum absolute atomic E-state index is 0.152. The number of nitrogens with one attached hydrogen (secondary N) is 2. The Balaban J connectivity index is 1.42. The van der Waals surface area contributed by atoms with Crippen molar-refractivity contribution in [1.82, 2.24) is 15.2 Å². The maximum Gasteiger partial charge on any atom is 0.251 e. The Labute approximate surface area is 174 Å². The molecular weight excluding hydrogens is 414 g/mol. The van der Waals surface area contributed by atoms with Crippen LogP contribution in [-0.4, -0.2) is 32.7 Å². The predicted molar refractivity (Wildman–Crippen MR) is 113 cm³/mol. The second-order valence-electron chi connectivity index (χ2n) is 6.70. The summed E-state index contributed by atoms with van der Waals surface area (Å²) in [5.74, 6) is 0.730. The minimum Gasteiger partial charge on any atom is -0.365 e. The van der Waals surface area contributed by atoms with Gasteiger partial charge in [-0.2, -0.15) is 0 Å². The number of fused-ring (bicyclic) bond motifs is 1. The van der Waals surface area contributed by atoms with E-state index in [2.05, 4.69) is 27.4 Å². The number of hydrogen-bond donors (Lipinski definition) is 3. The van der Waals surface area contributed by atoms with E-state index >= 15 is 0 Å². The molecule has 3 aromatic rings. The smallest absolute Gasteiger partial charge is 0.251 e. The molecule has 0 bridgehead atoms. The summed E-state index contributed by atoms with van der Waals surface area (Å²) in [6.07, 6.45) is 2.79. The number of thiophene rings is 2. The van der Waals surface area contributed by atoms with E-state index in [-0.39, 0.29) is 11.7 Å². The molecule has 4 rings (SSSR count). The van der Waals surface area contributed by atoms with Crippen LogP contribution in [0.15, 0.2) is 22.7 Å². The molecule has 0 unspecified atom stereocenters. The van der Waals surface area contributed by atoms with Crippen molar-refractivity contribution in [2.75, 3.05) is 11.1 Å². The normalized spacial score (nSPS) is 16.0. The molecule has 0 spiro atoms. The quantitative estimate of drug-likeness (QED) is 0.515. The molecule has 0 aromatic carbocycles. The zero-order chi connectivity index (χ0) is 19.7. The van der Waals surface area contributed by atoms with Crippen LogP contribution in [-0.2, 0) is 17.6 Å². The van der Waals surface area contributed by atoms with E-state index in [1.165, 1.54) is 23.1 Å². The van der Waals surface area contributed by atoms with Crippen LogP contribution in [0.5, 0.6) is 0 Å². The lowest BCUT2D eigenvalue weighted by Gasteiger charge is -2.18. The highest BCUT2D eigenvalue weighted by Gasteiger charge is 2.27. The minimum atomic E-state index is -0.482. The Bertz CT molecular complexity index is 1010. The molecule has 1 atom stereocenters. The predicted octanol–water partition coefficient (Wildman–Crippen LogP) is 3.55. The van der Waals surface area contributed by atoms with Crippen LogP contribution >= 0.6 is 34.4 Å². The number of aromatic amines is 1. The molecule has 3 heterocycles. The van der Waals surface area contributed by atoms with Crippen LogP contribution in [0.3, 0.4) is 0 Å². The molecule has 28 heavy (non-hydrogen) atoms. The average molecular weight is 434 g/mol. The average Bonchev–Trinajstić information content (AvgIpc) is 3.38. The molecule has 2 amide bonds. The van der Waals surface area contributed by atoms with Crippen LogP contribution < -0.4 is 11.1 Å². The molecule has 0 radical (unpaired) electrons. The van der Waals surface area contributed by atoms with Gasteiger partial charge in [-0.1, -0.05) is 24.8 Å². The van der Waals surface area contributed by atoms with Crippen molar-refractivity contribution in [3.63, 3.8) is 0 Å². The monoisotopic (exact) mass is 433 g/mol. The number of amides is 2. The molecule has 146 valence electrons. The van der Waals surface area contributed by atoms with Gasteiger partial charge in [-0.15, -0.1) is 27.8 Å². The number of aromatic nitrogens is 3. The second kappa shape index (κ2) is 8.06. The van der Waals surface area contributed by atoms with Crippen molar-refractivity contribution in [2.45, 2.75) is 31.3 Å². The number of anilines is 1. The standard InChI is InChI=1S/C18H19N5O2S3/c1-9-4-5-10-12(7-9)28-17(14(10)15(19)25)20-13(24)8-27-18-21-16(22-23-18)11-3-2-6-26-11/h2-3,6,9H,4-5,7-8H2,1H3,(H2,19,25)(H,20,24)(H,21,22,23)/t9-/m0/s1. The summed E-state index contributed by atoms with van der Waals surface area (Å²) in [5.41, 5.74) is 7.08. The molecule has 0 saturated heterocycles. The highest BCUT2D eigenvalue weighted by molar-refractivity contribution is 7.99. The Morgan fingerprint density at radius 3 is 3.07 bits per heavy atom. The first kappa shape index (κ1) is 19.2. The van der Waals surface area contributed by atoms with Gasteiger partial charge in [0.25, 0.3) is 5.91 Å². The number of rotatable bonds is 6. The molecule has 0 fully saturated rings. The lowest BCUT2D eigenvalue weighted by molar-refractivity contribution is -0.113. The fraction of sp³-hybridized carbons (Fsp3) is 0.333. The van der Waals surface area contributed by atoms with Gasteiger partial charge >= 0.3 is 0 Å². The fourth-order valence-electron chi connectivity index (χ4n) is 3.23. The maximum atomic E-state index is 12.4. The topological polar surface area (TPSA) is 114 Å². The summed E-state index contributed by atoms with van der Waals surface area (Å²) in [5, 5.41) is 12.9. The maximum absolute atomic E-state index is 12.4. The zero-order valence-electron chi connectivity index (χ0n) is 15.2. The lowest BCUT2D eigenvalue weighted by Crippen LogP contribution is -2.20. The molecule has 1 aliphatic carbocycles. The third-order valence-electron chi connectivity index (χ3n) is 4.56. The number of primary amides is 1. The summed E-state index contributed by atoms with van der Waals surface area (Å²) in [7, 11) is 0. The van der Waals surface area contributed by atoms with Crippen molar-refractivity contribution in [1.29, 1.82) is 0 Å². The van der Waals surface area contributed by atoms with Gasteiger partial charge in [-0.3, -0.25) is 14.7 Å². The third kappa shape index (κ3) is 3.98. The number of nitrogens with two attached hydrogens (primary N) is 1. The summed E-state index contributed by atoms with van der Waals surface area (Å²) in [6, 6.07) is 3.90. The molecule has 1 aliphatic rings. The number of carbonyl (C=O) groups is 2. The number of H-pyrrole nitrogens is 1. The first-order valence-electron chi connectivity index (χ1n) is 8.84. The highest BCUT2D eigenvalue weighted by Crippen LogP contribution is 2.39. The van der Waals surface area contributed by atoms with Gasteiger partial charge in [0, 0.05) is 4.88 Å². The second-order valence-corrected chi connectivity index (χ2v) is 9.70. The van der Waals surface area contributed by atoms with Gasteiger partial charge in [0.05, 0.1) is 16.2 Å². The first-order chi connectivity index (χ1) is 13.5. The van der Waals surface area contributed by atoms with E-state index < -0.39 is 5.91 Å². The molecule has 0 aliphatic heterocycles. The molecule has 3 aromatic heterocycles. The van der Waals surface area contributed by atoms with E-state index in [9.17, 15) is 9.59 Å². The third-order valence-corrected chi connectivity index (χ3v) is 7.46. The molecular formula is C18H19N5O2S3. The van der Waals surface area contributed by atoms with Crippen molar-refractivity contribution in [3.8, 4) is 10.7 Å². The van der Waals surface area contributed by atoms with Crippen molar-refractivity contribution < 1.29 is 9.59 Å². The van der Waals surface area contributed by atoms with Crippen LogP contribution in [0.25, 0.3) is 10.7 Å². The molecule has 7 nitrogen and oxygen atoms in total. The Hall–Kier alpha value is -2.17. The molecule has 10 heteroatoms. The Morgan fingerprint density at radius 1 is 1.46 bits per heavy atom. The SMILES string of the molecule is C[C@H]1CCc2c(sc(NC(=O)CSc3n[nH]c(-c4cccs4)n3)c2C(N)=O)C1. The number of hydrogen-bond acceptors (Lipinski definition) is 7. The zero-order valence-corrected chi connectivity index (χ0v) is 17.6. The Kier molecular flexibility index (Phi) is 5.51. The van der Waals surface area contributed by atoms with Crippen molar-refractivity contribution in [3.05, 3.63) is 33.5 Å². The van der Waals surface area contributed by atoms with Crippen molar-refractivity contribution >= 4 is 51.3 Å². The summed E-state index contributed by atoms with van der Waals surface area (Å²) in [6.45, 7) is 2.20. The van der Waals surface area contributed by atoms with Gasteiger partial charge in [-0.05, 0) is 42.2 Å². The Morgan fingerprint density at radius 2 is 2.32 bits per heavy atom. The van der Waals surface area contributed by atoms with E-state index in [1.54, 1.807) is 11.3 Å². The molecule has 0 saturated carbocycles. The number of nitrogens with zero attached hydrogens (tertiary/aromatic N) is 2. The van der Waals surface area contributed by atoms with E-state index in [0.717, 1.165) is 34.6 Å². The number of thioether (sulfide) groups is 1. The summed E-state index contributed by atoms with van der Waals surface area (Å²) < 4.78 is 0. The van der Waals surface area contributed by atoms with Crippen LogP contribution in [0.4, 0.5) is 5.00 Å². The van der Waals surface area contributed by atoms with Crippen LogP contribution in [0.2, 0.25) is 0 Å². The van der Waals surface area contributed by atoms with E-state index in [4.69, 9.17) is 5.73 Å². The van der Waals surface area contributed by atoms with Crippen molar-refractivity contribution in [2.24, 2.45) is 11.7 Å². The van der Waals surface area contributed by atoms with Gasteiger partial charge in [0.1, 0.15) is 5.00 Å². The first-order valence-corrected chi connectivity index (χ1v) is 11.5. The van der Waals surface area contributed by atoms with Crippen LogP contribution in [0.1, 0.15) is 34.1 Å². The van der Waals surface area contributed by atoms with E-state index in [1.807, 2.05) is 17.5 Å². The largest absolute Gasteiger partial charge is 0.365 e. The highest BCUT2D eigenvalue weighted by atomic mass is 32.2. The van der Waals surface area contributed by atoms with Gasteiger partial charge in [-0.25, -0.2) is 4.98 Å². The lowest BCUT2D eigenvalue weighted by atomic mass is 9.88. The van der Waals surface area contributed by atoms with Gasteiger partial charge in [0.15, 0.2) is 5.82 Å². The van der Waals surface area contributed by atoms with E-state index in [0.29, 0.717) is 27.5 Å². The van der Waals surface area contributed by atoms with Gasteiger partial charge < -0.3 is 11.1 Å². The fourth-order valence-corrected chi connectivity index (χ4v) is 5.92. The summed E-state index contributed by atoms with van der Waals surface area (Å²) >= 11 is 4.28. The number of carbonyl (C=O) groups excluding carboxylic acids is 2.